The molecule has 1 amide bonds. The molecule has 140 valence electrons. The van der Waals surface area contributed by atoms with Crippen LogP contribution in [-0.2, 0) is 18.8 Å². The number of halogens is 1. The van der Waals surface area contributed by atoms with Crippen molar-refractivity contribution in [1.82, 2.24) is 20.1 Å². The zero-order valence-corrected chi connectivity index (χ0v) is 16.8. The highest BCUT2D eigenvalue weighted by atomic mass is 35.5. The van der Waals surface area contributed by atoms with Crippen LogP contribution in [0, 0.1) is 6.92 Å². The molecule has 1 aromatic heterocycles. The number of nitrogens with one attached hydrogen (secondary N) is 1. The van der Waals surface area contributed by atoms with Crippen molar-refractivity contribution in [2.45, 2.75) is 37.8 Å². The molecule has 0 radical (unpaired) electrons. The summed E-state index contributed by atoms with van der Waals surface area (Å²) in [6.07, 6.45) is 0. The topological polar surface area (TPSA) is 59.8 Å². The monoisotopic (exact) mass is 400 g/mol. The van der Waals surface area contributed by atoms with Crippen LogP contribution in [0.4, 0.5) is 0 Å². The lowest BCUT2D eigenvalue weighted by molar-refractivity contribution is 0.0949. The molecule has 0 aliphatic carbocycles. The summed E-state index contributed by atoms with van der Waals surface area (Å²) < 4.78 is 2.02. The minimum atomic E-state index is -0.115. The van der Waals surface area contributed by atoms with Crippen LogP contribution in [-0.4, -0.2) is 20.7 Å². The van der Waals surface area contributed by atoms with Gasteiger partial charge in [-0.05, 0) is 43.7 Å². The van der Waals surface area contributed by atoms with Gasteiger partial charge >= 0.3 is 0 Å². The first-order chi connectivity index (χ1) is 13.1. The van der Waals surface area contributed by atoms with E-state index in [4.69, 9.17) is 11.6 Å². The number of thioether (sulfide) groups is 1. The normalized spacial score (nSPS) is 10.8. The Hall–Kier alpha value is -2.31. The predicted octanol–water partition coefficient (Wildman–Crippen LogP) is 4.48. The van der Waals surface area contributed by atoms with Crippen LogP contribution in [0.2, 0.25) is 5.02 Å². The van der Waals surface area contributed by atoms with Gasteiger partial charge in [0.2, 0.25) is 0 Å². The Labute approximate surface area is 168 Å². The molecule has 0 spiro atoms. The van der Waals surface area contributed by atoms with E-state index in [1.54, 1.807) is 11.8 Å². The largest absolute Gasteiger partial charge is 0.345 e. The smallest absolute Gasteiger partial charge is 0.251 e. The first-order valence-corrected chi connectivity index (χ1v) is 10.1. The minimum Gasteiger partial charge on any atom is -0.345 e. The fourth-order valence-corrected chi connectivity index (χ4v) is 3.67. The van der Waals surface area contributed by atoms with E-state index in [9.17, 15) is 4.79 Å². The number of aryl methyl sites for hydroxylation is 1. The standard InChI is InChI=1S/C20H21ClN4OS/c1-3-25-18(12-22-19(26)16-8-4-14(2)5-9-16)23-24-20(25)27-13-15-6-10-17(21)11-7-15/h4-11H,3,12-13H2,1-2H3,(H,22,26). The summed E-state index contributed by atoms with van der Waals surface area (Å²) >= 11 is 7.54. The van der Waals surface area contributed by atoms with Gasteiger partial charge in [-0.15, -0.1) is 10.2 Å². The van der Waals surface area contributed by atoms with Gasteiger partial charge in [0.05, 0.1) is 6.54 Å². The third-order valence-electron chi connectivity index (χ3n) is 4.11. The SMILES string of the molecule is CCn1c(CNC(=O)c2ccc(C)cc2)nnc1SCc1ccc(Cl)cc1. The Balaban J connectivity index is 1.62. The number of hydrogen-bond acceptors (Lipinski definition) is 4. The molecular formula is C20H21ClN4OS. The van der Waals surface area contributed by atoms with E-state index < -0.39 is 0 Å². The zero-order chi connectivity index (χ0) is 19.2. The van der Waals surface area contributed by atoms with Crippen molar-refractivity contribution >= 4 is 29.3 Å². The molecule has 0 saturated heterocycles. The molecule has 0 saturated carbocycles. The summed E-state index contributed by atoms with van der Waals surface area (Å²) in [7, 11) is 0. The number of hydrogen-bond donors (Lipinski definition) is 1. The molecule has 3 aromatic rings. The Morgan fingerprint density at radius 2 is 1.81 bits per heavy atom. The second-order valence-electron chi connectivity index (χ2n) is 6.11. The molecule has 3 rings (SSSR count). The van der Waals surface area contributed by atoms with Gasteiger partial charge in [-0.1, -0.05) is 53.2 Å². The highest BCUT2D eigenvalue weighted by Crippen LogP contribution is 2.23. The summed E-state index contributed by atoms with van der Waals surface area (Å²) in [4.78, 5) is 12.3. The van der Waals surface area contributed by atoms with Gasteiger partial charge in [0.1, 0.15) is 0 Å². The maximum absolute atomic E-state index is 12.3. The fraction of sp³-hybridized carbons (Fsp3) is 0.250. The van der Waals surface area contributed by atoms with Gasteiger partial charge in [0.15, 0.2) is 11.0 Å². The molecular weight excluding hydrogens is 380 g/mol. The molecule has 1 heterocycles. The first-order valence-electron chi connectivity index (χ1n) is 8.71. The molecule has 27 heavy (non-hydrogen) atoms. The predicted molar refractivity (Wildman–Crippen MR) is 109 cm³/mol. The summed E-state index contributed by atoms with van der Waals surface area (Å²) in [6.45, 7) is 5.12. The number of nitrogens with zero attached hydrogens (tertiary/aromatic N) is 3. The Kier molecular flexibility index (Phi) is 6.53. The molecule has 1 N–H and O–H groups in total. The first kappa shape index (κ1) is 19.5. The highest BCUT2D eigenvalue weighted by Gasteiger charge is 2.13. The maximum atomic E-state index is 12.3. The minimum absolute atomic E-state index is 0.115. The number of aromatic nitrogens is 3. The molecule has 0 fully saturated rings. The lowest BCUT2D eigenvalue weighted by Gasteiger charge is -2.09. The van der Waals surface area contributed by atoms with Gasteiger partial charge in [-0.2, -0.15) is 0 Å². The van der Waals surface area contributed by atoms with E-state index in [2.05, 4.69) is 15.5 Å². The lowest BCUT2D eigenvalue weighted by atomic mass is 10.1. The van der Waals surface area contributed by atoms with E-state index >= 15 is 0 Å². The molecule has 0 aliphatic heterocycles. The second kappa shape index (κ2) is 9.06. The molecule has 0 atom stereocenters. The average molecular weight is 401 g/mol. The van der Waals surface area contributed by atoms with Crippen LogP contribution >= 0.6 is 23.4 Å². The van der Waals surface area contributed by atoms with Crippen molar-refractivity contribution in [3.05, 3.63) is 76.1 Å². The van der Waals surface area contributed by atoms with Gasteiger partial charge in [0.25, 0.3) is 5.91 Å². The Bertz CT molecular complexity index is 907. The number of carbonyl (C=O) groups excluding carboxylic acids is 1. The van der Waals surface area contributed by atoms with E-state index in [0.29, 0.717) is 12.1 Å². The van der Waals surface area contributed by atoms with Crippen molar-refractivity contribution < 1.29 is 4.79 Å². The van der Waals surface area contributed by atoms with Crippen molar-refractivity contribution in [3.8, 4) is 0 Å². The van der Waals surface area contributed by atoms with Gasteiger partial charge in [0, 0.05) is 22.9 Å². The summed E-state index contributed by atoms with van der Waals surface area (Å²) in [5.41, 5.74) is 2.93. The van der Waals surface area contributed by atoms with Gasteiger partial charge in [-0.25, -0.2) is 0 Å². The van der Waals surface area contributed by atoms with Crippen molar-refractivity contribution in [3.63, 3.8) is 0 Å². The van der Waals surface area contributed by atoms with Crippen molar-refractivity contribution in [2.24, 2.45) is 0 Å². The molecule has 2 aromatic carbocycles. The molecule has 0 aliphatic rings. The molecule has 5 nitrogen and oxygen atoms in total. The number of amides is 1. The summed E-state index contributed by atoms with van der Waals surface area (Å²) in [5, 5.41) is 13.0. The van der Waals surface area contributed by atoms with Crippen LogP contribution in [0.5, 0.6) is 0 Å². The maximum Gasteiger partial charge on any atom is 0.251 e. The van der Waals surface area contributed by atoms with Crippen LogP contribution in [0.15, 0.2) is 53.7 Å². The van der Waals surface area contributed by atoms with Crippen LogP contribution < -0.4 is 5.32 Å². The summed E-state index contributed by atoms with van der Waals surface area (Å²) in [6, 6.07) is 15.3. The number of benzene rings is 2. The van der Waals surface area contributed by atoms with E-state index in [1.165, 1.54) is 5.56 Å². The zero-order valence-electron chi connectivity index (χ0n) is 15.3. The second-order valence-corrected chi connectivity index (χ2v) is 7.49. The highest BCUT2D eigenvalue weighted by molar-refractivity contribution is 7.98. The van der Waals surface area contributed by atoms with E-state index in [0.717, 1.165) is 33.9 Å². The van der Waals surface area contributed by atoms with E-state index in [-0.39, 0.29) is 5.91 Å². The lowest BCUT2D eigenvalue weighted by Crippen LogP contribution is -2.24. The Morgan fingerprint density at radius 1 is 1.11 bits per heavy atom. The third-order valence-corrected chi connectivity index (χ3v) is 5.40. The number of rotatable bonds is 7. The Morgan fingerprint density at radius 3 is 2.48 bits per heavy atom. The third kappa shape index (κ3) is 5.11. The summed E-state index contributed by atoms with van der Waals surface area (Å²) in [5.74, 6) is 1.41. The number of carbonyl (C=O) groups is 1. The van der Waals surface area contributed by atoms with Crippen molar-refractivity contribution in [1.29, 1.82) is 0 Å². The van der Waals surface area contributed by atoms with Crippen LogP contribution in [0.3, 0.4) is 0 Å². The van der Waals surface area contributed by atoms with Gasteiger partial charge in [-0.3, -0.25) is 4.79 Å². The molecule has 0 unspecified atom stereocenters. The van der Waals surface area contributed by atoms with E-state index in [1.807, 2.05) is 66.9 Å². The quantitative estimate of drug-likeness (QED) is 0.594. The molecule has 0 bridgehead atoms. The van der Waals surface area contributed by atoms with Crippen molar-refractivity contribution in [2.75, 3.05) is 0 Å². The van der Waals surface area contributed by atoms with Crippen LogP contribution in [0.25, 0.3) is 0 Å². The van der Waals surface area contributed by atoms with Crippen LogP contribution in [0.1, 0.15) is 34.2 Å². The van der Waals surface area contributed by atoms with Gasteiger partial charge < -0.3 is 9.88 Å². The molecule has 7 heteroatoms. The fourth-order valence-electron chi connectivity index (χ4n) is 2.57. The average Bonchev–Trinajstić information content (AvgIpc) is 3.08.